The number of carbonyl (C=O) groups is 1. The van der Waals surface area contributed by atoms with Gasteiger partial charge in [0, 0.05) is 17.0 Å². The molecule has 0 unspecified atom stereocenters. The van der Waals surface area contributed by atoms with Crippen LogP contribution in [-0.2, 0) is 0 Å². The number of carbonyl (C=O) groups excluding carboxylic acids is 1. The average molecular weight is 187 g/mol. The van der Waals surface area contributed by atoms with E-state index in [2.05, 4.69) is 10.2 Å². The molecule has 1 aliphatic rings. The number of benzene rings is 1. The van der Waals surface area contributed by atoms with Crippen molar-refractivity contribution in [2.24, 2.45) is 10.2 Å². The summed E-state index contributed by atoms with van der Waals surface area (Å²) in [5, 5.41) is 18.0. The van der Waals surface area contributed by atoms with Gasteiger partial charge in [-0.05, 0) is 6.07 Å². The zero-order chi connectivity index (χ0) is 9.71. The quantitative estimate of drug-likeness (QED) is 0.688. The van der Waals surface area contributed by atoms with E-state index in [0.29, 0.717) is 11.2 Å². The van der Waals surface area contributed by atoms with Crippen molar-refractivity contribution in [3.8, 4) is 5.75 Å². The van der Waals surface area contributed by atoms with Crippen LogP contribution in [0, 0.1) is 0 Å². The molecule has 68 valence electrons. The molecule has 14 heavy (non-hydrogen) atoms. The molecule has 0 aliphatic carbocycles. The number of phenols is 1. The third kappa shape index (κ3) is 0.711. The highest BCUT2D eigenvalue weighted by Gasteiger charge is 2.20. The van der Waals surface area contributed by atoms with E-state index in [1.807, 2.05) is 0 Å². The van der Waals surface area contributed by atoms with Crippen molar-refractivity contribution in [3.05, 3.63) is 24.4 Å². The van der Waals surface area contributed by atoms with E-state index in [-0.39, 0.29) is 5.75 Å². The van der Waals surface area contributed by atoms with Gasteiger partial charge in [0.2, 0.25) is 0 Å². The van der Waals surface area contributed by atoms with Crippen molar-refractivity contribution in [1.82, 2.24) is 4.57 Å². The number of nitrogens with zero attached hydrogens (tertiary/aromatic N) is 3. The van der Waals surface area contributed by atoms with Gasteiger partial charge in [-0.25, -0.2) is 9.36 Å². The van der Waals surface area contributed by atoms with E-state index in [1.54, 1.807) is 24.4 Å². The summed E-state index contributed by atoms with van der Waals surface area (Å²) in [6, 6.07) is 4.64. The molecule has 0 spiro atoms. The number of hydrogen-bond acceptors (Lipinski definition) is 3. The number of aromatic nitrogens is 1. The molecule has 5 nitrogen and oxygen atoms in total. The molecule has 0 fully saturated rings. The van der Waals surface area contributed by atoms with E-state index < -0.39 is 6.03 Å². The molecule has 0 radical (unpaired) electrons. The van der Waals surface area contributed by atoms with Crippen LogP contribution in [0.1, 0.15) is 0 Å². The van der Waals surface area contributed by atoms with E-state index in [0.717, 1.165) is 5.39 Å². The van der Waals surface area contributed by atoms with E-state index >= 15 is 0 Å². The molecule has 2 heterocycles. The van der Waals surface area contributed by atoms with Gasteiger partial charge in [0.15, 0.2) is 5.82 Å². The number of amides is 1. The summed E-state index contributed by atoms with van der Waals surface area (Å²) in [6.07, 6.45) is 1.54. The number of aromatic hydroxyl groups is 1. The Morgan fingerprint density at radius 3 is 2.93 bits per heavy atom. The van der Waals surface area contributed by atoms with Crippen LogP contribution < -0.4 is 0 Å². The molecule has 1 aromatic carbocycles. The van der Waals surface area contributed by atoms with Crippen molar-refractivity contribution in [3.63, 3.8) is 0 Å². The van der Waals surface area contributed by atoms with E-state index in [9.17, 15) is 9.90 Å². The fourth-order valence-corrected chi connectivity index (χ4v) is 1.59. The fraction of sp³-hybridized carbons (Fsp3) is 0. The molecule has 1 aromatic heterocycles. The summed E-state index contributed by atoms with van der Waals surface area (Å²) >= 11 is 0. The smallest absolute Gasteiger partial charge is 0.372 e. The molecule has 0 bridgehead atoms. The topological polar surface area (TPSA) is 66.9 Å². The maximum Gasteiger partial charge on any atom is 0.372 e. The van der Waals surface area contributed by atoms with Gasteiger partial charge in [-0.15, -0.1) is 5.11 Å². The highest BCUT2D eigenvalue weighted by atomic mass is 16.3. The first-order valence-corrected chi connectivity index (χ1v) is 4.06. The average Bonchev–Trinajstić information content (AvgIpc) is 2.69. The molecule has 1 N–H and O–H groups in total. The predicted octanol–water partition coefficient (Wildman–Crippen LogP) is 2.41. The minimum Gasteiger partial charge on any atom is -0.507 e. The van der Waals surface area contributed by atoms with Gasteiger partial charge in [0.1, 0.15) is 5.75 Å². The highest BCUT2D eigenvalue weighted by molar-refractivity contribution is 6.02. The van der Waals surface area contributed by atoms with Gasteiger partial charge in [-0.1, -0.05) is 17.2 Å². The van der Waals surface area contributed by atoms with Crippen molar-refractivity contribution in [1.29, 1.82) is 0 Å². The largest absolute Gasteiger partial charge is 0.507 e. The van der Waals surface area contributed by atoms with Gasteiger partial charge >= 0.3 is 6.03 Å². The maximum atomic E-state index is 11.2. The van der Waals surface area contributed by atoms with Crippen LogP contribution in [0.25, 0.3) is 10.8 Å². The van der Waals surface area contributed by atoms with Crippen LogP contribution in [0.2, 0.25) is 0 Å². The Morgan fingerprint density at radius 1 is 1.21 bits per heavy atom. The maximum absolute atomic E-state index is 11.2. The number of hydrogen-bond donors (Lipinski definition) is 1. The summed E-state index contributed by atoms with van der Waals surface area (Å²) in [6.45, 7) is 0. The number of fused-ring (bicyclic) bond motifs is 3. The predicted molar refractivity (Wildman–Crippen MR) is 48.9 cm³/mol. The van der Waals surface area contributed by atoms with Gasteiger partial charge in [-0.2, -0.15) is 0 Å². The van der Waals surface area contributed by atoms with Crippen LogP contribution >= 0.6 is 0 Å². The normalized spacial score (nSPS) is 13.9. The standard InChI is InChI=1S/C9H5N3O2/c13-7-3-1-2-5-6(7)4-12-8(5)10-11-9(12)14/h1-4,13H. The first kappa shape index (κ1) is 7.25. The molecule has 1 amide bonds. The molecule has 2 aromatic rings. The van der Waals surface area contributed by atoms with E-state index in [1.165, 1.54) is 4.57 Å². The Bertz CT molecular complexity index is 583. The van der Waals surface area contributed by atoms with E-state index in [4.69, 9.17) is 0 Å². The Morgan fingerprint density at radius 2 is 2.07 bits per heavy atom. The number of azo groups is 1. The summed E-state index contributed by atoms with van der Waals surface area (Å²) in [7, 11) is 0. The van der Waals surface area contributed by atoms with Gasteiger partial charge in [0.25, 0.3) is 0 Å². The second-order valence-electron chi connectivity index (χ2n) is 3.04. The minimum absolute atomic E-state index is 0.146. The molecule has 3 rings (SSSR count). The number of rotatable bonds is 0. The SMILES string of the molecule is O=C1N=Nc2c3cccc(O)c3cn21. The Labute approximate surface area is 78.3 Å². The lowest BCUT2D eigenvalue weighted by Gasteiger charge is -1.92. The van der Waals surface area contributed by atoms with Crippen molar-refractivity contribution in [2.75, 3.05) is 0 Å². The third-order valence-corrected chi connectivity index (χ3v) is 2.25. The highest BCUT2D eigenvalue weighted by Crippen LogP contribution is 2.36. The van der Waals surface area contributed by atoms with Crippen LogP contribution in [-0.4, -0.2) is 15.7 Å². The third-order valence-electron chi connectivity index (χ3n) is 2.25. The monoisotopic (exact) mass is 187 g/mol. The summed E-state index contributed by atoms with van der Waals surface area (Å²) in [5.74, 6) is 0.633. The molecule has 0 saturated carbocycles. The Hall–Kier alpha value is -2.17. The Kier molecular flexibility index (Phi) is 1.14. The first-order chi connectivity index (χ1) is 6.77. The molecule has 5 heteroatoms. The Balaban J connectivity index is 2.51. The molecular weight excluding hydrogens is 182 g/mol. The summed E-state index contributed by atoms with van der Waals surface area (Å²) in [5.41, 5.74) is 0. The van der Waals surface area contributed by atoms with Crippen LogP contribution in [0.15, 0.2) is 34.6 Å². The minimum atomic E-state index is -0.421. The second kappa shape index (κ2) is 2.20. The van der Waals surface area contributed by atoms with Gasteiger partial charge in [-0.3, -0.25) is 0 Å². The summed E-state index contributed by atoms with van der Waals surface area (Å²) < 4.78 is 1.32. The fourth-order valence-electron chi connectivity index (χ4n) is 1.59. The lowest BCUT2D eigenvalue weighted by atomic mass is 10.2. The van der Waals surface area contributed by atoms with Crippen LogP contribution in [0.4, 0.5) is 10.6 Å². The van der Waals surface area contributed by atoms with Crippen molar-refractivity contribution in [2.45, 2.75) is 0 Å². The first-order valence-electron chi connectivity index (χ1n) is 4.06. The van der Waals surface area contributed by atoms with Gasteiger partial charge < -0.3 is 5.11 Å². The number of phenolic OH excluding ortho intramolecular Hbond substituents is 1. The molecular formula is C9H5N3O2. The molecule has 1 aliphatic heterocycles. The second-order valence-corrected chi connectivity index (χ2v) is 3.04. The lowest BCUT2D eigenvalue weighted by Crippen LogP contribution is -1.97. The molecule has 0 saturated heterocycles. The van der Waals surface area contributed by atoms with Crippen LogP contribution in [0.3, 0.4) is 0 Å². The van der Waals surface area contributed by atoms with Crippen molar-refractivity contribution >= 4 is 22.6 Å². The zero-order valence-electron chi connectivity index (χ0n) is 7.01. The zero-order valence-corrected chi connectivity index (χ0v) is 7.01. The lowest BCUT2D eigenvalue weighted by molar-refractivity contribution is 0.252. The van der Waals surface area contributed by atoms with Gasteiger partial charge in [0.05, 0.1) is 0 Å². The van der Waals surface area contributed by atoms with Crippen LogP contribution in [0.5, 0.6) is 5.75 Å². The molecule has 0 atom stereocenters. The summed E-state index contributed by atoms with van der Waals surface area (Å²) in [4.78, 5) is 11.2. The van der Waals surface area contributed by atoms with Crippen molar-refractivity contribution < 1.29 is 9.90 Å².